The van der Waals surface area contributed by atoms with E-state index in [1.165, 1.54) is 44.2 Å². The van der Waals surface area contributed by atoms with Crippen LogP contribution in [0.25, 0.3) is 10.8 Å². The van der Waals surface area contributed by atoms with Crippen LogP contribution in [-0.4, -0.2) is 16.1 Å². The first-order valence-electron chi connectivity index (χ1n) is 8.76. The summed E-state index contributed by atoms with van der Waals surface area (Å²) in [7, 11) is 0. The molecule has 23 heavy (non-hydrogen) atoms. The highest BCUT2D eigenvalue weighted by Gasteiger charge is 2.52. The molecule has 0 radical (unpaired) electrons. The molecule has 0 unspecified atom stereocenters. The summed E-state index contributed by atoms with van der Waals surface area (Å²) in [4.78, 5) is 16.3. The molecule has 0 atom stereocenters. The largest absolute Gasteiger partial charge is 0.478 e. The number of rotatable bonds is 2. The molecule has 4 bridgehead atoms. The molecule has 4 fully saturated rings. The number of hydrogen-bond acceptors (Lipinski definition) is 2. The lowest BCUT2D eigenvalue weighted by molar-refractivity contribution is -0.00646. The highest BCUT2D eigenvalue weighted by molar-refractivity contribution is 6.04. The summed E-state index contributed by atoms with van der Waals surface area (Å²) in [5.41, 5.74) is 1.71. The number of pyridine rings is 1. The summed E-state index contributed by atoms with van der Waals surface area (Å²) in [5.74, 6) is 1.70. The molecule has 0 spiro atoms. The minimum atomic E-state index is -0.884. The molecule has 6 rings (SSSR count). The Balaban J connectivity index is 1.72. The molecule has 4 aliphatic carbocycles. The number of benzene rings is 1. The maximum absolute atomic E-state index is 11.5. The summed E-state index contributed by atoms with van der Waals surface area (Å²) in [6.07, 6.45) is 9.57. The zero-order valence-corrected chi connectivity index (χ0v) is 13.2. The second-order valence-corrected chi connectivity index (χ2v) is 8.07. The second kappa shape index (κ2) is 4.56. The molecular formula is C20H21NO2. The van der Waals surface area contributed by atoms with E-state index < -0.39 is 5.97 Å². The maximum atomic E-state index is 11.5. The highest BCUT2D eigenvalue weighted by atomic mass is 16.4. The number of carboxylic acids is 1. The lowest BCUT2D eigenvalue weighted by Crippen LogP contribution is -2.49. The van der Waals surface area contributed by atoms with E-state index in [4.69, 9.17) is 4.98 Å². The van der Waals surface area contributed by atoms with Gasteiger partial charge in [-0.3, -0.25) is 4.98 Å². The number of hydrogen-bond donors (Lipinski definition) is 1. The Morgan fingerprint density at radius 1 is 1.00 bits per heavy atom. The number of nitrogens with zero attached hydrogens (tertiary/aromatic N) is 1. The first-order valence-corrected chi connectivity index (χ1v) is 8.76. The Morgan fingerprint density at radius 2 is 1.57 bits per heavy atom. The molecule has 4 saturated carbocycles. The third-order valence-corrected chi connectivity index (χ3v) is 6.57. The molecular weight excluding hydrogens is 286 g/mol. The number of carboxylic acid groups (broad SMARTS) is 1. The van der Waals surface area contributed by atoms with Crippen molar-refractivity contribution in [2.75, 3.05) is 0 Å². The van der Waals surface area contributed by atoms with Crippen LogP contribution in [0.15, 0.2) is 30.5 Å². The molecule has 1 aromatic carbocycles. The van der Waals surface area contributed by atoms with Gasteiger partial charge >= 0.3 is 5.97 Å². The first kappa shape index (κ1) is 13.5. The van der Waals surface area contributed by atoms with E-state index in [9.17, 15) is 9.90 Å². The second-order valence-electron chi connectivity index (χ2n) is 8.07. The predicted molar refractivity (Wildman–Crippen MR) is 88.6 cm³/mol. The van der Waals surface area contributed by atoms with Crippen molar-refractivity contribution >= 4 is 16.7 Å². The van der Waals surface area contributed by atoms with Crippen molar-refractivity contribution in [3.8, 4) is 0 Å². The van der Waals surface area contributed by atoms with E-state index in [1.54, 1.807) is 6.20 Å². The number of fused-ring (bicyclic) bond motifs is 1. The van der Waals surface area contributed by atoms with Gasteiger partial charge in [0, 0.05) is 17.0 Å². The molecule has 1 aromatic heterocycles. The van der Waals surface area contributed by atoms with Gasteiger partial charge in [0.2, 0.25) is 0 Å². The van der Waals surface area contributed by atoms with E-state index in [-0.39, 0.29) is 5.41 Å². The van der Waals surface area contributed by atoms with Gasteiger partial charge in [-0.1, -0.05) is 24.3 Å². The molecule has 3 heteroatoms. The topological polar surface area (TPSA) is 50.2 Å². The molecule has 4 aliphatic rings. The first-order chi connectivity index (χ1) is 11.1. The van der Waals surface area contributed by atoms with Crippen molar-refractivity contribution in [2.24, 2.45) is 17.8 Å². The standard InChI is InChI=1S/C20H21NO2/c22-19(23)17-11-21-18(16-4-2-1-3-15(16)17)20-8-12-5-13(9-20)7-14(6-12)10-20/h1-4,11-14H,5-10H2,(H,22,23). The summed E-state index contributed by atoms with van der Waals surface area (Å²) in [6, 6.07) is 7.95. The maximum Gasteiger partial charge on any atom is 0.337 e. The molecule has 3 nitrogen and oxygen atoms in total. The van der Waals surface area contributed by atoms with Gasteiger partial charge in [-0.05, 0) is 61.7 Å². The van der Waals surface area contributed by atoms with Crippen molar-refractivity contribution in [1.82, 2.24) is 4.98 Å². The molecule has 2 aromatic rings. The molecule has 1 heterocycles. The van der Waals surface area contributed by atoms with Gasteiger partial charge in [-0.15, -0.1) is 0 Å². The van der Waals surface area contributed by atoms with Crippen LogP contribution < -0.4 is 0 Å². The minimum absolute atomic E-state index is 0.200. The van der Waals surface area contributed by atoms with Gasteiger partial charge in [0.1, 0.15) is 0 Å². The van der Waals surface area contributed by atoms with Crippen LogP contribution in [0.2, 0.25) is 0 Å². The fourth-order valence-corrected chi connectivity index (χ4v) is 6.19. The Kier molecular flexibility index (Phi) is 2.68. The van der Waals surface area contributed by atoms with Crippen molar-refractivity contribution in [3.63, 3.8) is 0 Å². The molecule has 0 amide bonds. The highest BCUT2D eigenvalue weighted by Crippen LogP contribution is 2.61. The van der Waals surface area contributed by atoms with E-state index >= 15 is 0 Å². The van der Waals surface area contributed by atoms with Gasteiger partial charge in [0.25, 0.3) is 0 Å². The van der Waals surface area contributed by atoms with Gasteiger partial charge < -0.3 is 5.11 Å². The van der Waals surface area contributed by atoms with Crippen LogP contribution in [0.5, 0.6) is 0 Å². The number of carbonyl (C=O) groups is 1. The molecule has 1 N–H and O–H groups in total. The predicted octanol–water partition coefficient (Wildman–Crippen LogP) is 4.40. The third kappa shape index (κ3) is 1.89. The lowest BCUT2D eigenvalue weighted by Gasteiger charge is -2.56. The van der Waals surface area contributed by atoms with E-state index in [0.717, 1.165) is 28.5 Å². The quantitative estimate of drug-likeness (QED) is 0.894. The molecule has 0 aliphatic heterocycles. The van der Waals surface area contributed by atoms with Crippen LogP contribution in [0.4, 0.5) is 0 Å². The Hall–Kier alpha value is -1.90. The van der Waals surface area contributed by atoms with Crippen molar-refractivity contribution in [2.45, 2.75) is 43.9 Å². The molecule has 0 saturated heterocycles. The summed E-state index contributed by atoms with van der Waals surface area (Å²) in [6.45, 7) is 0. The fourth-order valence-electron chi connectivity index (χ4n) is 6.19. The normalized spacial score (nSPS) is 34.9. The van der Waals surface area contributed by atoms with E-state index in [0.29, 0.717) is 5.56 Å². The van der Waals surface area contributed by atoms with Gasteiger partial charge in [-0.2, -0.15) is 0 Å². The van der Waals surface area contributed by atoms with Crippen LogP contribution in [0.3, 0.4) is 0 Å². The zero-order valence-electron chi connectivity index (χ0n) is 13.2. The monoisotopic (exact) mass is 307 g/mol. The SMILES string of the molecule is O=C(O)c1cnc(C23CC4CC(CC(C4)C2)C3)c2ccccc12. The zero-order chi connectivity index (χ0) is 15.6. The van der Waals surface area contributed by atoms with E-state index in [1.807, 2.05) is 18.2 Å². The fraction of sp³-hybridized carbons (Fsp3) is 0.500. The Bertz CT molecular complexity index is 775. The smallest absolute Gasteiger partial charge is 0.337 e. The van der Waals surface area contributed by atoms with Crippen LogP contribution in [0, 0.1) is 17.8 Å². The van der Waals surface area contributed by atoms with E-state index in [2.05, 4.69) is 6.07 Å². The van der Waals surface area contributed by atoms with Gasteiger partial charge in [0.05, 0.1) is 11.3 Å². The van der Waals surface area contributed by atoms with Gasteiger partial charge in [0.15, 0.2) is 0 Å². The van der Waals surface area contributed by atoms with Crippen LogP contribution >= 0.6 is 0 Å². The summed E-state index contributed by atoms with van der Waals surface area (Å²) >= 11 is 0. The van der Waals surface area contributed by atoms with Crippen molar-refractivity contribution in [3.05, 3.63) is 41.7 Å². The minimum Gasteiger partial charge on any atom is -0.478 e. The lowest BCUT2D eigenvalue weighted by atomic mass is 9.48. The van der Waals surface area contributed by atoms with Gasteiger partial charge in [-0.25, -0.2) is 4.79 Å². The van der Waals surface area contributed by atoms with Crippen molar-refractivity contribution < 1.29 is 9.90 Å². The number of aromatic carboxylic acids is 1. The summed E-state index contributed by atoms with van der Waals surface area (Å²) < 4.78 is 0. The summed E-state index contributed by atoms with van der Waals surface area (Å²) in [5, 5.41) is 11.4. The number of aromatic nitrogens is 1. The average molecular weight is 307 g/mol. The van der Waals surface area contributed by atoms with Crippen LogP contribution in [-0.2, 0) is 5.41 Å². The van der Waals surface area contributed by atoms with Crippen molar-refractivity contribution in [1.29, 1.82) is 0 Å². The molecule has 118 valence electrons. The average Bonchev–Trinajstić information content (AvgIpc) is 2.52. The Morgan fingerprint density at radius 3 is 2.13 bits per heavy atom. The van der Waals surface area contributed by atoms with Crippen LogP contribution in [0.1, 0.15) is 54.6 Å². The Labute approximate surface area is 135 Å². The third-order valence-electron chi connectivity index (χ3n) is 6.57.